The van der Waals surface area contributed by atoms with Gasteiger partial charge < -0.3 is 0 Å². The molecule has 0 fully saturated rings. The largest absolute Gasteiger partial charge is 0.287 e. The predicted molar refractivity (Wildman–Crippen MR) is 112 cm³/mol. The van der Waals surface area contributed by atoms with Gasteiger partial charge in [0.1, 0.15) is 17.6 Å². The van der Waals surface area contributed by atoms with Crippen LogP contribution in [0.4, 0.5) is 0 Å². The number of sulfonamides is 1. The molecule has 0 bridgehead atoms. The highest BCUT2D eigenvalue weighted by Crippen LogP contribution is 2.22. The Hall–Kier alpha value is -3.99. The number of carbonyl (C=O) groups is 2. The molecule has 0 aliphatic carbocycles. The molecule has 2 aromatic carbocycles. The van der Waals surface area contributed by atoms with Gasteiger partial charge in [-0.2, -0.15) is 5.10 Å². The van der Waals surface area contributed by atoms with Crippen LogP contribution in [-0.2, 0) is 14.8 Å². The van der Waals surface area contributed by atoms with Gasteiger partial charge in [-0.1, -0.05) is 42.5 Å². The van der Waals surface area contributed by atoms with Gasteiger partial charge in [-0.25, -0.2) is 8.42 Å². The van der Waals surface area contributed by atoms with Gasteiger partial charge in [-0.3, -0.25) is 35.3 Å². The number of fused-ring (bicyclic) bond motifs is 1. The Morgan fingerprint density at radius 3 is 2.52 bits per heavy atom. The molecule has 1 aliphatic rings. The molecule has 0 saturated heterocycles. The van der Waals surface area contributed by atoms with E-state index in [1.807, 2.05) is 30.3 Å². The minimum absolute atomic E-state index is 0.0747. The first-order chi connectivity index (χ1) is 14.8. The zero-order valence-electron chi connectivity index (χ0n) is 16.3. The van der Waals surface area contributed by atoms with Crippen molar-refractivity contribution in [2.75, 3.05) is 0 Å². The normalized spacial score (nSPS) is 16.2. The summed E-state index contributed by atoms with van der Waals surface area (Å²) in [6.45, 7) is 1.48. The van der Waals surface area contributed by atoms with Crippen LogP contribution in [0.1, 0.15) is 23.0 Å². The van der Waals surface area contributed by atoms with Crippen LogP contribution < -0.4 is 15.6 Å². The van der Waals surface area contributed by atoms with Crippen molar-refractivity contribution in [1.82, 2.24) is 25.8 Å². The lowest BCUT2D eigenvalue weighted by Gasteiger charge is -2.10. The molecule has 4 N–H and O–H groups in total. The lowest BCUT2D eigenvalue weighted by molar-refractivity contribution is -0.122. The molecule has 11 heteroatoms. The van der Waals surface area contributed by atoms with Crippen molar-refractivity contribution in [1.29, 1.82) is 0 Å². The van der Waals surface area contributed by atoms with Crippen LogP contribution in [0.3, 0.4) is 0 Å². The number of amides is 2. The highest BCUT2D eigenvalue weighted by molar-refractivity contribution is 7.90. The highest BCUT2D eigenvalue weighted by Gasteiger charge is 2.31. The maximum atomic E-state index is 12.3. The molecule has 3 aromatic rings. The summed E-state index contributed by atoms with van der Waals surface area (Å²) >= 11 is 0. The van der Waals surface area contributed by atoms with E-state index in [0.29, 0.717) is 11.3 Å². The first-order valence-electron chi connectivity index (χ1n) is 9.26. The van der Waals surface area contributed by atoms with Crippen molar-refractivity contribution in [3.8, 4) is 11.3 Å². The lowest BCUT2D eigenvalue weighted by atomic mass is 10.1. The van der Waals surface area contributed by atoms with Crippen molar-refractivity contribution < 1.29 is 18.0 Å². The van der Waals surface area contributed by atoms with E-state index in [0.717, 1.165) is 5.56 Å². The van der Waals surface area contributed by atoms with Crippen LogP contribution in [0.25, 0.3) is 11.3 Å². The van der Waals surface area contributed by atoms with Crippen molar-refractivity contribution in [2.45, 2.75) is 17.9 Å². The van der Waals surface area contributed by atoms with E-state index in [1.54, 1.807) is 24.3 Å². The first-order valence-corrected chi connectivity index (χ1v) is 10.7. The van der Waals surface area contributed by atoms with Crippen LogP contribution in [0.2, 0.25) is 0 Å². The zero-order chi connectivity index (χ0) is 22.0. The summed E-state index contributed by atoms with van der Waals surface area (Å²) in [7, 11) is -3.70. The molecule has 0 saturated carbocycles. The fraction of sp³-hybridized carbons (Fsp3) is 0.100. The number of hydrogen-bond acceptors (Lipinski definition) is 6. The number of hydrogen-bond donors (Lipinski definition) is 4. The number of amidine groups is 1. The molecule has 0 unspecified atom stereocenters. The Kier molecular flexibility index (Phi) is 5.26. The van der Waals surface area contributed by atoms with E-state index in [-0.39, 0.29) is 16.4 Å². The van der Waals surface area contributed by atoms with Gasteiger partial charge in [0.25, 0.3) is 21.8 Å². The van der Waals surface area contributed by atoms with E-state index in [2.05, 4.69) is 30.8 Å². The fourth-order valence-corrected chi connectivity index (χ4v) is 4.21. The van der Waals surface area contributed by atoms with Crippen molar-refractivity contribution in [3.63, 3.8) is 0 Å². The van der Waals surface area contributed by atoms with Gasteiger partial charge in [0.2, 0.25) is 0 Å². The summed E-state index contributed by atoms with van der Waals surface area (Å²) in [6.07, 6.45) is 0. The summed E-state index contributed by atoms with van der Waals surface area (Å²) in [6, 6.07) is 16.2. The van der Waals surface area contributed by atoms with E-state index in [1.165, 1.54) is 13.0 Å². The topological polar surface area (TPSA) is 145 Å². The maximum absolute atomic E-state index is 12.3. The Morgan fingerprint density at radius 1 is 1.03 bits per heavy atom. The summed E-state index contributed by atoms with van der Waals surface area (Å²) in [5, 5.41) is 6.71. The molecule has 2 amide bonds. The predicted octanol–water partition coefficient (Wildman–Crippen LogP) is 0.965. The van der Waals surface area contributed by atoms with E-state index < -0.39 is 27.9 Å². The third-order valence-electron chi connectivity index (χ3n) is 4.56. The van der Waals surface area contributed by atoms with Gasteiger partial charge in [0, 0.05) is 11.1 Å². The van der Waals surface area contributed by atoms with Crippen LogP contribution in [0.5, 0.6) is 0 Å². The van der Waals surface area contributed by atoms with Crippen LogP contribution in [-0.4, -0.2) is 42.3 Å². The SMILES string of the molecule is C[C@H](N=C1NS(=O)(=O)c2ccccc21)C(=O)NNC(=O)c1cc(-c2ccccc2)n[nH]1. The second-order valence-electron chi connectivity index (χ2n) is 6.73. The molecule has 1 aromatic heterocycles. The summed E-state index contributed by atoms with van der Waals surface area (Å²) < 4.78 is 26.6. The summed E-state index contributed by atoms with van der Waals surface area (Å²) in [5.74, 6) is -1.13. The van der Waals surface area contributed by atoms with Crippen molar-refractivity contribution in [3.05, 3.63) is 71.9 Å². The van der Waals surface area contributed by atoms with Gasteiger partial charge in [0.15, 0.2) is 0 Å². The molecular formula is C20H18N6O4S. The number of H-pyrrole nitrogens is 1. The molecular weight excluding hydrogens is 420 g/mol. The molecule has 4 rings (SSSR count). The third-order valence-corrected chi connectivity index (χ3v) is 5.95. The van der Waals surface area contributed by atoms with E-state index in [9.17, 15) is 18.0 Å². The number of benzene rings is 2. The minimum Gasteiger partial charge on any atom is -0.272 e. The molecule has 158 valence electrons. The average Bonchev–Trinajstić information content (AvgIpc) is 3.36. The first kappa shape index (κ1) is 20.3. The molecule has 1 atom stereocenters. The monoisotopic (exact) mass is 438 g/mol. The Bertz CT molecular complexity index is 1280. The number of hydrazine groups is 1. The van der Waals surface area contributed by atoms with Crippen molar-refractivity contribution >= 4 is 27.7 Å². The molecule has 0 spiro atoms. The maximum Gasteiger partial charge on any atom is 0.287 e. The van der Waals surface area contributed by atoms with Gasteiger partial charge >= 0.3 is 0 Å². The smallest absolute Gasteiger partial charge is 0.272 e. The number of rotatable bonds is 4. The molecule has 0 radical (unpaired) electrons. The molecule has 31 heavy (non-hydrogen) atoms. The lowest BCUT2D eigenvalue weighted by Crippen LogP contribution is -2.45. The summed E-state index contributed by atoms with van der Waals surface area (Å²) in [4.78, 5) is 28.9. The van der Waals surface area contributed by atoms with Gasteiger partial charge in [-0.15, -0.1) is 0 Å². The Balaban J connectivity index is 1.40. The third kappa shape index (κ3) is 4.16. The van der Waals surface area contributed by atoms with Gasteiger partial charge in [0.05, 0.1) is 10.6 Å². The number of nitrogens with one attached hydrogen (secondary N) is 4. The quantitative estimate of drug-likeness (QED) is 0.448. The van der Waals surface area contributed by atoms with E-state index >= 15 is 0 Å². The minimum atomic E-state index is -3.70. The fourth-order valence-electron chi connectivity index (χ4n) is 2.97. The number of aromatic nitrogens is 2. The number of aliphatic imine (C=N–C) groups is 1. The van der Waals surface area contributed by atoms with Crippen LogP contribution in [0, 0.1) is 0 Å². The number of carbonyl (C=O) groups excluding carboxylic acids is 2. The molecule has 2 heterocycles. The van der Waals surface area contributed by atoms with Gasteiger partial charge in [-0.05, 0) is 25.1 Å². The second-order valence-corrected chi connectivity index (χ2v) is 8.38. The van der Waals surface area contributed by atoms with Crippen LogP contribution >= 0.6 is 0 Å². The Morgan fingerprint density at radius 2 is 1.74 bits per heavy atom. The molecule has 1 aliphatic heterocycles. The Labute approximate surface area is 177 Å². The second kappa shape index (κ2) is 8.03. The number of aromatic amines is 1. The van der Waals surface area contributed by atoms with E-state index in [4.69, 9.17) is 0 Å². The van der Waals surface area contributed by atoms with Crippen molar-refractivity contribution in [2.24, 2.45) is 4.99 Å². The summed E-state index contributed by atoms with van der Waals surface area (Å²) in [5.41, 5.74) is 6.54. The zero-order valence-corrected chi connectivity index (χ0v) is 17.1. The van der Waals surface area contributed by atoms with Crippen LogP contribution in [0.15, 0.2) is 70.6 Å². The average molecular weight is 438 g/mol. The number of nitrogens with zero attached hydrogens (tertiary/aromatic N) is 2. The standard InChI is InChI=1S/C20H18N6O4S/c1-12(21-18-14-9-5-6-10-17(14)31(29,30)26-18)19(27)24-25-20(28)16-11-15(22-23-16)13-7-3-2-4-8-13/h2-12H,1H3,(H,21,26)(H,22,23)(H,24,27)(H,25,28)/t12-/m0/s1. The highest BCUT2D eigenvalue weighted by atomic mass is 32.2. The molecule has 10 nitrogen and oxygen atoms in total.